The molecule has 0 aromatic rings. The van der Waals surface area contributed by atoms with Gasteiger partial charge in [-0.15, -0.1) is 0 Å². The Bertz CT molecular complexity index is 177. The van der Waals surface area contributed by atoms with Gasteiger partial charge in [-0.1, -0.05) is 20.8 Å². The zero-order chi connectivity index (χ0) is 11.4. The van der Waals surface area contributed by atoms with E-state index in [0.29, 0.717) is 12.1 Å². The van der Waals surface area contributed by atoms with Crippen LogP contribution in [0.1, 0.15) is 47.5 Å². The second-order valence-corrected chi connectivity index (χ2v) is 5.39. The van der Waals surface area contributed by atoms with Gasteiger partial charge in [0.15, 0.2) is 0 Å². The van der Waals surface area contributed by atoms with Gasteiger partial charge in [-0.3, -0.25) is 4.90 Å². The van der Waals surface area contributed by atoms with Gasteiger partial charge in [-0.25, -0.2) is 0 Å². The lowest BCUT2D eigenvalue weighted by molar-refractivity contribution is 0.0416. The first-order chi connectivity index (χ1) is 7.06. The topological polar surface area (TPSA) is 15.3 Å². The highest BCUT2D eigenvalue weighted by Gasteiger charge is 2.35. The van der Waals surface area contributed by atoms with Gasteiger partial charge in [0.25, 0.3) is 0 Å². The van der Waals surface area contributed by atoms with Gasteiger partial charge in [-0.05, 0) is 45.7 Å². The van der Waals surface area contributed by atoms with E-state index in [4.69, 9.17) is 0 Å². The molecule has 2 atom stereocenters. The molecule has 0 spiro atoms. The molecule has 0 radical (unpaired) electrons. The molecule has 0 heterocycles. The SMILES string of the molecule is CCN(C(C)C)C1CCC1CNC(C)C. The maximum Gasteiger partial charge on any atom is 0.0138 e. The fourth-order valence-electron chi connectivity index (χ4n) is 2.60. The van der Waals surface area contributed by atoms with E-state index in [0.717, 1.165) is 12.0 Å². The van der Waals surface area contributed by atoms with Crippen LogP contribution in [0.2, 0.25) is 0 Å². The maximum atomic E-state index is 3.57. The molecule has 1 N–H and O–H groups in total. The van der Waals surface area contributed by atoms with Crippen LogP contribution in [-0.2, 0) is 0 Å². The van der Waals surface area contributed by atoms with E-state index in [9.17, 15) is 0 Å². The standard InChI is InChI=1S/C13H28N2/c1-6-15(11(4)5)13-8-7-12(13)9-14-10(2)3/h10-14H,6-9H2,1-5H3. The largest absolute Gasteiger partial charge is 0.314 e. The van der Waals surface area contributed by atoms with Crippen LogP contribution in [0.15, 0.2) is 0 Å². The Balaban J connectivity index is 2.36. The molecule has 1 aliphatic rings. The molecule has 2 nitrogen and oxygen atoms in total. The summed E-state index contributed by atoms with van der Waals surface area (Å²) in [5, 5.41) is 3.57. The number of rotatable bonds is 6. The van der Waals surface area contributed by atoms with E-state index in [-0.39, 0.29) is 0 Å². The van der Waals surface area contributed by atoms with E-state index in [1.165, 1.54) is 25.9 Å². The number of hydrogen-bond acceptors (Lipinski definition) is 2. The minimum absolute atomic E-state index is 0.625. The predicted molar refractivity (Wildman–Crippen MR) is 67.2 cm³/mol. The fraction of sp³-hybridized carbons (Fsp3) is 1.00. The second-order valence-electron chi connectivity index (χ2n) is 5.39. The Morgan fingerprint density at radius 3 is 2.20 bits per heavy atom. The quantitative estimate of drug-likeness (QED) is 0.728. The van der Waals surface area contributed by atoms with E-state index in [1.54, 1.807) is 0 Å². The lowest BCUT2D eigenvalue weighted by Gasteiger charge is -2.46. The molecule has 0 amide bonds. The Morgan fingerprint density at radius 2 is 1.87 bits per heavy atom. The van der Waals surface area contributed by atoms with Crippen molar-refractivity contribution < 1.29 is 0 Å². The molecule has 15 heavy (non-hydrogen) atoms. The van der Waals surface area contributed by atoms with Crippen molar-refractivity contribution in [2.75, 3.05) is 13.1 Å². The van der Waals surface area contributed by atoms with Crippen molar-refractivity contribution in [1.82, 2.24) is 10.2 Å². The van der Waals surface area contributed by atoms with Crippen molar-refractivity contribution in [3.05, 3.63) is 0 Å². The monoisotopic (exact) mass is 212 g/mol. The average Bonchev–Trinajstić information content (AvgIpc) is 2.11. The van der Waals surface area contributed by atoms with Gasteiger partial charge in [0, 0.05) is 18.1 Å². The maximum absolute atomic E-state index is 3.57. The molecule has 1 rings (SSSR count). The lowest BCUT2D eigenvalue weighted by Crippen LogP contribution is -2.53. The first-order valence-corrected chi connectivity index (χ1v) is 6.55. The summed E-state index contributed by atoms with van der Waals surface area (Å²) in [5.74, 6) is 0.884. The van der Waals surface area contributed by atoms with E-state index < -0.39 is 0 Å². The van der Waals surface area contributed by atoms with Crippen molar-refractivity contribution in [3.63, 3.8) is 0 Å². The summed E-state index contributed by atoms with van der Waals surface area (Å²) < 4.78 is 0. The van der Waals surface area contributed by atoms with Crippen molar-refractivity contribution in [2.45, 2.75) is 65.6 Å². The zero-order valence-corrected chi connectivity index (χ0v) is 11.1. The van der Waals surface area contributed by atoms with Crippen LogP contribution in [0, 0.1) is 5.92 Å². The molecule has 0 aromatic carbocycles. The normalized spacial score (nSPS) is 26.4. The number of hydrogen-bond donors (Lipinski definition) is 1. The molecule has 0 aromatic heterocycles. The van der Waals surface area contributed by atoms with Crippen molar-refractivity contribution >= 4 is 0 Å². The van der Waals surface area contributed by atoms with E-state index >= 15 is 0 Å². The van der Waals surface area contributed by atoms with Crippen LogP contribution in [0.5, 0.6) is 0 Å². The molecule has 1 saturated carbocycles. The summed E-state index contributed by atoms with van der Waals surface area (Å²) in [4.78, 5) is 2.65. The lowest BCUT2D eigenvalue weighted by atomic mass is 9.77. The molecule has 90 valence electrons. The van der Waals surface area contributed by atoms with Gasteiger partial charge in [0.1, 0.15) is 0 Å². The molecule has 0 saturated heterocycles. The first kappa shape index (κ1) is 13.0. The van der Waals surface area contributed by atoms with Crippen LogP contribution >= 0.6 is 0 Å². The minimum atomic E-state index is 0.625. The molecule has 0 aliphatic heterocycles. The fourth-order valence-corrected chi connectivity index (χ4v) is 2.60. The molecule has 2 unspecified atom stereocenters. The smallest absolute Gasteiger partial charge is 0.0138 e. The van der Waals surface area contributed by atoms with Gasteiger partial charge in [-0.2, -0.15) is 0 Å². The molecule has 1 aliphatic carbocycles. The van der Waals surface area contributed by atoms with Crippen molar-refractivity contribution in [3.8, 4) is 0 Å². The Hall–Kier alpha value is -0.0800. The highest BCUT2D eigenvalue weighted by molar-refractivity contribution is 4.91. The third-order valence-electron chi connectivity index (χ3n) is 3.62. The molecule has 0 bridgehead atoms. The third kappa shape index (κ3) is 3.46. The van der Waals surface area contributed by atoms with Gasteiger partial charge < -0.3 is 5.32 Å². The first-order valence-electron chi connectivity index (χ1n) is 6.55. The molecular formula is C13H28N2. The molecule has 2 heteroatoms. The van der Waals surface area contributed by atoms with Crippen LogP contribution in [0.3, 0.4) is 0 Å². The summed E-state index contributed by atoms with van der Waals surface area (Å²) in [6.07, 6.45) is 2.81. The summed E-state index contributed by atoms with van der Waals surface area (Å²) in [5.41, 5.74) is 0. The second kappa shape index (κ2) is 5.86. The third-order valence-corrected chi connectivity index (χ3v) is 3.62. The summed E-state index contributed by atoms with van der Waals surface area (Å²) in [6.45, 7) is 13.8. The predicted octanol–water partition coefficient (Wildman–Crippen LogP) is 2.49. The number of nitrogens with one attached hydrogen (secondary N) is 1. The van der Waals surface area contributed by atoms with E-state index in [2.05, 4.69) is 44.8 Å². The van der Waals surface area contributed by atoms with Crippen molar-refractivity contribution in [1.29, 1.82) is 0 Å². The molecule has 1 fully saturated rings. The van der Waals surface area contributed by atoms with Gasteiger partial charge in [0.2, 0.25) is 0 Å². The Labute approximate surface area is 95.4 Å². The van der Waals surface area contributed by atoms with Gasteiger partial charge >= 0.3 is 0 Å². The van der Waals surface area contributed by atoms with Crippen molar-refractivity contribution in [2.24, 2.45) is 5.92 Å². The van der Waals surface area contributed by atoms with Crippen LogP contribution in [0.25, 0.3) is 0 Å². The number of nitrogens with zero attached hydrogens (tertiary/aromatic N) is 1. The average molecular weight is 212 g/mol. The highest BCUT2D eigenvalue weighted by Crippen LogP contribution is 2.32. The van der Waals surface area contributed by atoms with Gasteiger partial charge in [0.05, 0.1) is 0 Å². The minimum Gasteiger partial charge on any atom is -0.314 e. The highest BCUT2D eigenvalue weighted by atomic mass is 15.2. The van der Waals surface area contributed by atoms with Crippen LogP contribution in [-0.4, -0.2) is 36.1 Å². The Kier molecular flexibility index (Phi) is 5.07. The van der Waals surface area contributed by atoms with E-state index in [1.807, 2.05) is 0 Å². The van der Waals surface area contributed by atoms with Crippen LogP contribution < -0.4 is 5.32 Å². The molecular weight excluding hydrogens is 184 g/mol. The summed E-state index contributed by atoms with van der Waals surface area (Å²) in [6, 6.07) is 2.16. The van der Waals surface area contributed by atoms with Crippen LogP contribution in [0.4, 0.5) is 0 Å². The zero-order valence-electron chi connectivity index (χ0n) is 11.1. The Morgan fingerprint density at radius 1 is 1.20 bits per heavy atom. The summed E-state index contributed by atoms with van der Waals surface area (Å²) in [7, 11) is 0. The summed E-state index contributed by atoms with van der Waals surface area (Å²) >= 11 is 0.